The Labute approximate surface area is 134 Å². The van der Waals surface area contributed by atoms with Crippen LogP contribution in [-0.2, 0) is 47.6 Å². The Bertz CT molecular complexity index is 408. The molecule has 1 radical (unpaired) electrons. The van der Waals surface area contributed by atoms with Gasteiger partial charge in [0.15, 0.2) is 0 Å². The molecule has 1 saturated heterocycles. The van der Waals surface area contributed by atoms with Gasteiger partial charge in [-0.2, -0.15) is 5.26 Å². The Morgan fingerprint density at radius 1 is 1.06 bits per heavy atom. The SMILES string of the molecule is N#Cc1ccc(N2CCN(C([S-])[S-])CC2)cc1.[Au]. The molecule has 0 amide bonds. The van der Waals surface area contributed by atoms with Crippen LogP contribution >= 0.6 is 0 Å². The molecule has 0 N–H and O–H groups in total. The zero-order valence-electron chi connectivity index (χ0n) is 9.67. The molecule has 0 saturated carbocycles. The van der Waals surface area contributed by atoms with Crippen molar-refractivity contribution in [1.29, 1.82) is 5.26 Å². The van der Waals surface area contributed by atoms with Crippen LogP contribution in [0.1, 0.15) is 5.56 Å². The molecule has 0 atom stereocenters. The Morgan fingerprint density at radius 2 is 1.61 bits per heavy atom. The summed E-state index contributed by atoms with van der Waals surface area (Å²) in [7, 11) is 0. The number of anilines is 1. The van der Waals surface area contributed by atoms with E-state index >= 15 is 0 Å². The van der Waals surface area contributed by atoms with E-state index in [-0.39, 0.29) is 27.1 Å². The van der Waals surface area contributed by atoms with Gasteiger partial charge in [-0.3, -0.25) is 0 Å². The van der Waals surface area contributed by atoms with Gasteiger partial charge in [-0.05, 0) is 24.3 Å². The minimum Gasteiger partial charge on any atom is -0.800 e. The third kappa shape index (κ3) is 3.95. The maximum Gasteiger partial charge on any atom is 0.0991 e. The van der Waals surface area contributed by atoms with E-state index in [0.29, 0.717) is 5.56 Å². The van der Waals surface area contributed by atoms with Crippen LogP contribution in [0.3, 0.4) is 0 Å². The van der Waals surface area contributed by atoms with Crippen molar-refractivity contribution in [2.45, 2.75) is 4.71 Å². The summed E-state index contributed by atoms with van der Waals surface area (Å²) in [6.45, 7) is 3.71. The van der Waals surface area contributed by atoms with Crippen molar-refractivity contribution < 1.29 is 22.4 Å². The predicted molar refractivity (Wildman–Crippen MR) is 73.5 cm³/mol. The molecule has 0 spiro atoms. The normalized spacial score (nSPS) is 16.2. The number of piperazine rings is 1. The van der Waals surface area contributed by atoms with Gasteiger partial charge in [0.05, 0.1) is 11.6 Å². The molecule has 0 aliphatic carbocycles. The van der Waals surface area contributed by atoms with Crippen molar-refractivity contribution >= 4 is 30.9 Å². The summed E-state index contributed by atoms with van der Waals surface area (Å²) in [6.07, 6.45) is 0. The average Bonchev–Trinajstić information content (AvgIpc) is 2.39. The zero-order chi connectivity index (χ0) is 12.3. The van der Waals surface area contributed by atoms with Gasteiger partial charge in [-0.25, -0.2) is 4.71 Å². The number of nitrogens with zero attached hydrogens (tertiary/aromatic N) is 3. The summed E-state index contributed by atoms with van der Waals surface area (Å²) >= 11 is 10.1. The summed E-state index contributed by atoms with van der Waals surface area (Å²) < 4.78 is -0.196. The number of hydrogen-bond acceptors (Lipinski definition) is 5. The Balaban J connectivity index is 0.00000162. The first-order chi connectivity index (χ1) is 8.20. The second-order valence-electron chi connectivity index (χ2n) is 3.99. The fourth-order valence-corrected chi connectivity index (χ4v) is 2.36. The van der Waals surface area contributed by atoms with Gasteiger partial charge in [-0.15, -0.1) is 0 Å². The number of hydrogen-bond donors (Lipinski definition) is 0. The fourth-order valence-electron chi connectivity index (χ4n) is 1.94. The van der Waals surface area contributed by atoms with Crippen molar-refractivity contribution in [2.75, 3.05) is 31.1 Å². The van der Waals surface area contributed by atoms with Gasteiger partial charge in [0.25, 0.3) is 0 Å². The van der Waals surface area contributed by atoms with E-state index in [0.717, 1.165) is 31.9 Å². The smallest absolute Gasteiger partial charge is 0.0991 e. The first-order valence-electron chi connectivity index (χ1n) is 5.51. The van der Waals surface area contributed by atoms with Crippen LogP contribution < -0.4 is 4.90 Å². The minimum atomic E-state index is -0.196. The van der Waals surface area contributed by atoms with Crippen molar-refractivity contribution in [3.63, 3.8) is 0 Å². The van der Waals surface area contributed by atoms with E-state index in [1.54, 1.807) is 0 Å². The molecule has 1 aromatic carbocycles. The predicted octanol–water partition coefficient (Wildman–Crippen LogP) is 1.06. The van der Waals surface area contributed by atoms with Crippen molar-refractivity contribution in [3.05, 3.63) is 29.8 Å². The van der Waals surface area contributed by atoms with Crippen LogP contribution in [0.4, 0.5) is 5.69 Å². The van der Waals surface area contributed by atoms with Crippen LogP contribution in [0.5, 0.6) is 0 Å². The van der Waals surface area contributed by atoms with Gasteiger partial charge in [-0.1, -0.05) is 0 Å². The van der Waals surface area contributed by atoms with E-state index in [1.165, 1.54) is 0 Å². The molecule has 1 aliphatic heterocycles. The van der Waals surface area contributed by atoms with E-state index in [2.05, 4.69) is 15.9 Å². The molecule has 0 bridgehead atoms. The molecule has 101 valence electrons. The molecule has 0 aromatic heterocycles. The summed E-state index contributed by atoms with van der Waals surface area (Å²) in [5.41, 5.74) is 1.86. The maximum absolute atomic E-state index is 8.74. The number of nitriles is 1. The molecule has 1 heterocycles. The first-order valence-corrected chi connectivity index (χ1v) is 6.46. The van der Waals surface area contributed by atoms with Crippen LogP contribution in [-0.4, -0.2) is 35.8 Å². The van der Waals surface area contributed by atoms with E-state index in [4.69, 9.17) is 30.5 Å². The molecule has 18 heavy (non-hydrogen) atoms. The van der Waals surface area contributed by atoms with Crippen molar-refractivity contribution in [2.24, 2.45) is 0 Å². The van der Waals surface area contributed by atoms with E-state index in [1.807, 2.05) is 24.3 Å². The largest absolute Gasteiger partial charge is 0.800 e. The fraction of sp³-hybridized carbons (Fsp3) is 0.417. The van der Waals surface area contributed by atoms with Crippen molar-refractivity contribution in [3.8, 4) is 6.07 Å². The standard InChI is InChI=1S/C12H15N3S2.Au/c13-9-10-1-3-11(4-2-10)14-5-7-15(8-6-14)12(16)17;/h1-4,12,16-17H,5-8H2;/p-2. The molecule has 1 aliphatic rings. The van der Waals surface area contributed by atoms with Crippen molar-refractivity contribution in [1.82, 2.24) is 4.90 Å². The quantitative estimate of drug-likeness (QED) is 0.487. The van der Waals surface area contributed by atoms with Gasteiger partial charge >= 0.3 is 0 Å². The maximum atomic E-state index is 8.74. The number of benzene rings is 1. The van der Waals surface area contributed by atoms with Crippen LogP contribution in [0.2, 0.25) is 0 Å². The van der Waals surface area contributed by atoms with Crippen LogP contribution in [0.15, 0.2) is 24.3 Å². The summed E-state index contributed by atoms with van der Waals surface area (Å²) in [6, 6.07) is 9.81. The minimum absolute atomic E-state index is 0. The zero-order valence-corrected chi connectivity index (χ0v) is 13.5. The molecular formula is C12H13AuN3S2-2. The summed E-state index contributed by atoms with van der Waals surface area (Å²) in [4.78, 5) is 4.43. The van der Waals surface area contributed by atoms with Crippen LogP contribution in [0.25, 0.3) is 0 Å². The summed E-state index contributed by atoms with van der Waals surface area (Å²) in [5.74, 6) is 0. The van der Waals surface area contributed by atoms with Gasteiger partial charge in [0.1, 0.15) is 0 Å². The Morgan fingerprint density at radius 3 is 2.06 bits per heavy atom. The monoisotopic (exact) mass is 460 g/mol. The van der Waals surface area contributed by atoms with E-state index < -0.39 is 0 Å². The third-order valence-corrected chi connectivity index (χ3v) is 3.57. The Kier molecular flexibility index (Phi) is 6.64. The average molecular weight is 460 g/mol. The summed E-state index contributed by atoms with van der Waals surface area (Å²) in [5, 5.41) is 8.74. The second kappa shape index (κ2) is 7.49. The van der Waals surface area contributed by atoms with Gasteiger partial charge in [0, 0.05) is 54.2 Å². The van der Waals surface area contributed by atoms with Gasteiger partial charge in [0.2, 0.25) is 0 Å². The van der Waals surface area contributed by atoms with Crippen LogP contribution in [0, 0.1) is 11.3 Å². The number of rotatable bonds is 2. The second-order valence-corrected chi connectivity index (χ2v) is 5.18. The molecule has 1 aromatic rings. The molecule has 2 rings (SSSR count). The van der Waals surface area contributed by atoms with Gasteiger partial charge < -0.3 is 35.1 Å². The topological polar surface area (TPSA) is 30.3 Å². The molecular weight excluding hydrogens is 447 g/mol. The molecule has 6 heteroatoms. The Hall–Kier alpha value is -0.0897. The third-order valence-electron chi connectivity index (χ3n) is 2.97. The first kappa shape index (κ1) is 16.0. The van der Waals surface area contributed by atoms with E-state index in [9.17, 15) is 0 Å². The molecule has 1 fully saturated rings. The molecule has 3 nitrogen and oxygen atoms in total. The molecule has 0 unspecified atom stereocenters.